The normalized spacial score (nSPS) is 16.5. The first-order valence-corrected chi connectivity index (χ1v) is 12.4. The van der Waals surface area contributed by atoms with Crippen LogP contribution in [0.25, 0.3) is 22.3 Å². The molecule has 4 heterocycles. The predicted octanol–water partition coefficient (Wildman–Crippen LogP) is 2.89. The molecule has 1 aliphatic rings. The van der Waals surface area contributed by atoms with Gasteiger partial charge in [0.05, 0.1) is 47.3 Å². The molecule has 4 aromatic rings. The number of ether oxygens (including phenoxy) is 1. The van der Waals surface area contributed by atoms with Crippen LogP contribution < -0.4 is 10.5 Å². The number of aliphatic hydroxyl groups is 1. The fourth-order valence-corrected chi connectivity index (χ4v) is 4.67. The molecule has 0 spiro atoms. The zero-order valence-corrected chi connectivity index (χ0v) is 21.9. The molecule has 2 N–H and O–H groups in total. The van der Waals surface area contributed by atoms with E-state index in [4.69, 9.17) is 4.74 Å². The molecule has 0 radical (unpaired) electrons. The van der Waals surface area contributed by atoms with Gasteiger partial charge in [-0.15, -0.1) is 0 Å². The van der Waals surface area contributed by atoms with Crippen LogP contribution in [0.5, 0.6) is 0 Å². The molecular weight excluding hydrogens is 470 g/mol. The summed E-state index contributed by atoms with van der Waals surface area (Å²) in [5, 5.41) is 14.8. The highest BCUT2D eigenvalue weighted by atomic mass is 16.5. The first-order chi connectivity index (χ1) is 17.5. The van der Waals surface area contributed by atoms with Gasteiger partial charge in [0.2, 0.25) is 5.62 Å². The van der Waals surface area contributed by atoms with Crippen LogP contribution in [0.3, 0.4) is 0 Å². The van der Waals surface area contributed by atoms with E-state index in [9.17, 15) is 9.90 Å². The van der Waals surface area contributed by atoms with Gasteiger partial charge in [-0.05, 0) is 58.0 Å². The molecular formula is C27H33N7O3. The van der Waals surface area contributed by atoms with Crippen molar-refractivity contribution in [3.05, 3.63) is 60.1 Å². The Morgan fingerprint density at radius 1 is 1.27 bits per heavy atom. The summed E-state index contributed by atoms with van der Waals surface area (Å²) >= 11 is 0. The number of fused-ring (bicyclic) bond motifs is 1. The summed E-state index contributed by atoms with van der Waals surface area (Å²) < 4.78 is 9.40. The molecule has 1 aliphatic heterocycles. The zero-order valence-electron chi connectivity index (χ0n) is 21.9. The van der Waals surface area contributed by atoms with E-state index in [0.29, 0.717) is 23.5 Å². The standard InChI is InChI=1S/C27H33N7O3/c1-26(2,36)16-34-23-7-6-20(33-10-11-37-27(3,4)17-33)13-22(23)30-25(34)31-24(35)18-8-9-28-21(12-18)19-14-29-32(5)15-19/h6-9,12-15,36H,10-11,16-17H2,1-5H3,(H,30,31,35). The van der Waals surface area contributed by atoms with Crippen molar-refractivity contribution in [3.8, 4) is 11.3 Å². The predicted molar refractivity (Wildman–Crippen MR) is 141 cm³/mol. The van der Waals surface area contributed by atoms with Crippen LogP contribution in [-0.4, -0.2) is 66.2 Å². The number of pyridine rings is 1. The number of anilines is 1. The second-order valence-electron chi connectivity index (χ2n) is 10.8. The minimum atomic E-state index is -1.01. The minimum Gasteiger partial charge on any atom is -0.389 e. The summed E-state index contributed by atoms with van der Waals surface area (Å²) in [6, 6.07) is 9.49. The van der Waals surface area contributed by atoms with Gasteiger partial charge in [0.25, 0.3) is 5.91 Å². The summed E-state index contributed by atoms with van der Waals surface area (Å²) in [5.41, 5.74) is 3.78. The van der Waals surface area contributed by atoms with Crippen LogP contribution in [0.15, 0.2) is 53.9 Å². The van der Waals surface area contributed by atoms with Crippen molar-refractivity contribution < 1.29 is 14.6 Å². The summed E-state index contributed by atoms with van der Waals surface area (Å²) in [5.74, 6) is -0.404. The third kappa shape index (κ3) is 5.50. The van der Waals surface area contributed by atoms with Gasteiger partial charge in [-0.1, -0.05) is 0 Å². The van der Waals surface area contributed by atoms with Crippen LogP contribution in [0, 0.1) is 0 Å². The van der Waals surface area contributed by atoms with Gasteiger partial charge >= 0.3 is 0 Å². The van der Waals surface area contributed by atoms with Crippen LogP contribution >= 0.6 is 0 Å². The Kier molecular flexibility index (Phi) is 6.25. The number of amides is 1. The topological polar surface area (TPSA) is 114 Å². The maximum absolute atomic E-state index is 13.3. The number of aromatic amines is 1. The average Bonchev–Trinajstić information content (AvgIpc) is 3.40. The summed E-state index contributed by atoms with van der Waals surface area (Å²) in [6.45, 7) is 10.2. The number of carbonyl (C=O) groups excluding carboxylic acids is 1. The number of H-pyrrole nitrogens is 1. The maximum atomic E-state index is 13.3. The van der Waals surface area contributed by atoms with E-state index < -0.39 is 11.5 Å². The number of morpholine rings is 1. The molecule has 10 nitrogen and oxygen atoms in total. The van der Waals surface area contributed by atoms with Gasteiger partial charge in [0, 0.05) is 49.3 Å². The zero-order chi connectivity index (χ0) is 26.4. The van der Waals surface area contributed by atoms with E-state index in [1.54, 1.807) is 43.1 Å². The molecule has 1 aromatic carbocycles. The number of hydrogen-bond donors (Lipinski definition) is 2. The number of aryl methyl sites for hydroxylation is 1. The SMILES string of the molecule is Cn1cc(-c2cc(C(=O)/N=c3\[nH]c4cc(N5CCOC(C)(C)C5)ccc4n3CC(C)(C)O)ccn2)cn1. The van der Waals surface area contributed by atoms with Crippen molar-refractivity contribution in [1.29, 1.82) is 0 Å². The fraction of sp³-hybridized carbons (Fsp3) is 0.407. The van der Waals surface area contributed by atoms with Crippen LogP contribution in [0.1, 0.15) is 38.1 Å². The second-order valence-corrected chi connectivity index (χ2v) is 10.8. The third-order valence-electron chi connectivity index (χ3n) is 6.32. The number of nitrogens with one attached hydrogen (secondary N) is 1. The van der Waals surface area contributed by atoms with E-state index in [-0.39, 0.29) is 12.1 Å². The number of aromatic nitrogens is 5. The maximum Gasteiger partial charge on any atom is 0.280 e. The minimum absolute atomic E-state index is 0.226. The third-order valence-corrected chi connectivity index (χ3v) is 6.32. The lowest BCUT2D eigenvalue weighted by atomic mass is 10.1. The van der Waals surface area contributed by atoms with Gasteiger partial charge in [-0.2, -0.15) is 10.1 Å². The lowest BCUT2D eigenvalue weighted by Crippen LogP contribution is -2.48. The number of carbonyl (C=O) groups is 1. The van der Waals surface area contributed by atoms with Crippen molar-refractivity contribution in [1.82, 2.24) is 24.3 Å². The van der Waals surface area contributed by atoms with Crippen LogP contribution in [0.2, 0.25) is 0 Å². The van der Waals surface area contributed by atoms with Crippen molar-refractivity contribution in [2.45, 2.75) is 45.4 Å². The fourth-order valence-electron chi connectivity index (χ4n) is 4.67. The number of imidazole rings is 1. The molecule has 37 heavy (non-hydrogen) atoms. The second kappa shape index (κ2) is 9.28. The van der Waals surface area contributed by atoms with E-state index in [1.165, 1.54) is 0 Å². The van der Waals surface area contributed by atoms with E-state index in [0.717, 1.165) is 35.4 Å². The molecule has 1 fully saturated rings. The molecule has 194 valence electrons. The van der Waals surface area contributed by atoms with E-state index in [1.807, 2.05) is 23.9 Å². The quantitative estimate of drug-likeness (QED) is 0.433. The van der Waals surface area contributed by atoms with Gasteiger partial charge < -0.3 is 24.3 Å². The highest BCUT2D eigenvalue weighted by Crippen LogP contribution is 2.26. The van der Waals surface area contributed by atoms with E-state index >= 15 is 0 Å². The molecule has 1 amide bonds. The Balaban J connectivity index is 1.55. The van der Waals surface area contributed by atoms with E-state index in [2.05, 4.69) is 50.9 Å². The summed E-state index contributed by atoms with van der Waals surface area (Å²) in [4.78, 5) is 27.7. The van der Waals surface area contributed by atoms with Gasteiger partial charge in [0.15, 0.2) is 0 Å². The van der Waals surface area contributed by atoms with Crippen LogP contribution in [0.4, 0.5) is 5.69 Å². The number of benzene rings is 1. The Bertz CT molecular complexity index is 1520. The lowest BCUT2D eigenvalue weighted by Gasteiger charge is -2.39. The first kappa shape index (κ1) is 24.9. The highest BCUT2D eigenvalue weighted by Gasteiger charge is 2.27. The molecule has 0 unspecified atom stereocenters. The first-order valence-electron chi connectivity index (χ1n) is 12.4. The molecule has 3 aromatic heterocycles. The largest absolute Gasteiger partial charge is 0.389 e. The number of nitrogens with zero attached hydrogens (tertiary/aromatic N) is 6. The van der Waals surface area contributed by atoms with Crippen LogP contribution in [-0.2, 0) is 18.3 Å². The molecule has 0 aliphatic carbocycles. The monoisotopic (exact) mass is 503 g/mol. The molecule has 0 bridgehead atoms. The lowest BCUT2D eigenvalue weighted by molar-refractivity contribution is -0.0276. The highest BCUT2D eigenvalue weighted by molar-refractivity contribution is 5.95. The Morgan fingerprint density at radius 2 is 2.08 bits per heavy atom. The number of rotatable bonds is 5. The average molecular weight is 504 g/mol. The summed E-state index contributed by atoms with van der Waals surface area (Å²) in [6.07, 6.45) is 5.14. The Hall–Kier alpha value is -3.76. The Labute approximate surface area is 215 Å². The molecule has 0 saturated carbocycles. The van der Waals surface area contributed by atoms with Crippen molar-refractivity contribution >= 4 is 22.6 Å². The Morgan fingerprint density at radius 3 is 2.78 bits per heavy atom. The van der Waals surface area contributed by atoms with Crippen molar-refractivity contribution in [2.24, 2.45) is 12.0 Å². The smallest absolute Gasteiger partial charge is 0.280 e. The molecule has 1 saturated heterocycles. The van der Waals surface area contributed by atoms with Crippen molar-refractivity contribution in [3.63, 3.8) is 0 Å². The van der Waals surface area contributed by atoms with Gasteiger partial charge in [-0.25, -0.2) is 0 Å². The van der Waals surface area contributed by atoms with Gasteiger partial charge in [-0.3, -0.25) is 14.5 Å². The molecule has 10 heteroatoms. The number of hydrogen-bond acceptors (Lipinski definition) is 6. The molecule has 0 atom stereocenters. The van der Waals surface area contributed by atoms with Crippen molar-refractivity contribution in [2.75, 3.05) is 24.6 Å². The summed E-state index contributed by atoms with van der Waals surface area (Å²) in [7, 11) is 1.83. The molecule has 5 rings (SSSR count). The van der Waals surface area contributed by atoms with Gasteiger partial charge in [0.1, 0.15) is 0 Å².